The molecule has 2 heterocycles. The molecule has 4 rings (SSSR count). The molecule has 1 aromatic heterocycles. The fourth-order valence-electron chi connectivity index (χ4n) is 3.50. The molecule has 0 aliphatic carbocycles. The van der Waals surface area contributed by atoms with E-state index in [2.05, 4.69) is 15.2 Å². The van der Waals surface area contributed by atoms with Crippen molar-refractivity contribution in [3.05, 3.63) is 83.8 Å². The van der Waals surface area contributed by atoms with Gasteiger partial charge in [0.1, 0.15) is 11.6 Å². The van der Waals surface area contributed by atoms with Crippen LogP contribution in [0.3, 0.4) is 0 Å². The molecule has 0 unspecified atom stereocenters. The van der Waals surface area contributed by atoms with Crippen LogP contribution >= 0.6 is 0 Å². The minimum absolute atomic E-state index is 0.00144. The van der Waals surface area contributed by atoms with E-state index in [1.807, 2.05) is 36.1 Å². The smallest absolute Gasteiger partial charge is 0.254 e. The van der Waals surface area contributed by atoms with Gasteiger partial charge in [-0.1, -0.05) is 12.1 Å². The lowest BCUT2D eigenvalue weighted by Gasteiger charge is -2.36. The number of halogens is 1. The average Bonchev–Trinajstić information content (AvgIpc) is 2.74. The fourth-order valence-corrected chi connectivity index (χ4v) is 3.50. The van der Waals surface area contributed by atoms with Gasteiger partial charge in [0.2, 0.25) is 0 Å². The quantitative estimate of drug-likeness (QED) is 0.724. The van der Waals surface area contributed by atoms with E-state index in [1.165, 1.54) is 12.1 Å². The maximum Gasteiger partial charge on any atom is 0.254 e. The Hall–Kier alpha value is -3.41. The van der Waals surface area contributed by atoms with Gasteiger partial charge in [-0.05, 0) is 61.0 Å². The second kappa shape index (κ2) is 8.31. The van der Waals surface area contributed by atoms with Crippen LogP contribution in [0.2, 0.25) is 0 Å². The molecule has 1 aliphatic heterocycles. The molecule has 0 spiro atoms. The number of amides is 1. The van der Waals surface area contributed by atoms with E-state index in [0.717, 1.165) is 30.0 Å². The maximum atomic E-state index is 13.1. The van der Waals surface area contributed by atoms with Gasteiger partial charge in [0.15, 0.2) is 0 Å². The van der Waals surface area contributed by atoms with Crippen LogP contribution in [0.1, 0.15) is 15.9 Å². The van der Waals surface area contributed by atoms with E-state index >= 15 is 0 Å². The summed E-state index contributed by atoms with van der Waals surface area (Å²) in [6.45, 7) is 4.72. The predicted octanol–water partition coefficient (Wildman–Crippen LogP) is 4.24. The molecular formula is C23H23FN4O. The van der Waals surface area contributed by atoms with Crippen molar-refractivity contribution >= 4 is 23.1 Å². The first kappa shape index (κ1) is 18.9. The number of rotatable bonds is 4. The Kier molecular flexibility index (Phi) is 5.42. The van der Waals surface area contributed by atoms with Crippen molar-refractivity contribution in [2.24, 2.45) is 0 Å². The highest BCUT2D eigenvalue weighted by Gasteiger charge is 2.22. The lowest BCUT2D eigenvalue weighted by molar-refractivity contribution is 0.0746. The van der Waals surface area contributed by atoms with E-state index in [9.17, 15) is 9.18 Å². The zero-order valence-corrected chi connectivity index (χ0v) is 16.3. The Morgan fingerprint density at radius 3 is 2.48 bits per heavy atom. The first-order valence-electron chi connectivity index (χ1n) is 9.68. The molecular weight excluding hydrogens is 367 g/mol. The lowest BCUT2D eigenvalue weighted by Crippen LogP contribution is -2.48. The molecule has 1 saturated heterocycles. The standard InChI is InChI=1S/C23H23FN4O/c1-17-3-2-4-20(15-17)26-22-16-18(9-10-25-22)23(29)28-13-11-27(12-14-28)21-7-5-19(24)6-8-21/h2-10,15-16H,11-14H2,1H3,(H,25,26). The second-order valence-corrected chi connectivity index (χ2v) is 7.18. The summed E-state index contributed by atoms with van der Waals surface area (Å²) in [6.07, 6.45) is 1.65. The molecule has 29 heavy (non-hydrogen) atoms. The predicted molar refractivity (Wildman–Crippen MR) is 113 cm³/mol. The number of nitrogens with zero attached hydrogens (tertiary/aromatic N) is 3. The van der Waals surface area contributed by atoms with Gasteiger partial charge in [0.05, 0.1) is 0 Å². The van der Waals surface area contributed by atoms with E-state index < -0.39 is 0 Å². The number of hydrogen-bond acceptors (Lipinski definition) is 4. The highest BCUT2D eigenvalue weighted by atomic mass is 19.1. The van der Waals surface area contributed by atoms with Crippen LogP contribution in [0.5, 0.6) is 0 Å². The first-order valence-corrected chi connectivity index (χ1v) is 9.68. The minimum atomic E-state index is -0.240. The van der Waals surface area contributed by atoms with E-state index in [-0.39, 0.29) is 11.7 Å². The number of aromatic nitrogens is 1. The van der Waals surface area contributed by atoms with Crippen LogP contribution in [0, 0.1) is 12.7 Å². The van der Waals surface area contributed by atoms with Gasteiger partial charge in [-0.3, -0.25) is 4.79 Å². The fraction of sp³-hybridized carbons (Fsp3) is 0.217. The molecule has 5 nitrogen and oxygen atoms in total. The highest BCUT2D eigenvalue weighted by molar-refractivity contribution is 5.95. The Morgan fingerprint density at radius 1 is 1.00 bits per heavy atom. The minimum Gasteiger partial charge on any atom is -0.368 e. The van der Waals surface area contributed by atoms with Crippen LogP contribution in [0.4, 0.5) is 21.6 Å². The Labute approximate surface area is 169 Å². The van der Waals surface area contributed by atoms with Crippen molar-refractivity contribution in [3.63, 3.8) is 0 Å². The summed E-state index contributed by atoms with van der Waals surface area (Å²) in [7, 11) is 0. The molecule has 3 aromatic rings. The molecule has 2 aromatic carbocycles. The number of benzene rings is 2. The summed E-state index contributed by atoms with van der Waals surface area (Å²) >= 11 is 0. The van der Waals surface area contributed by atoms with Crippen molar-refractivity contribution in [2.75, 3.05) is 36.4 Å². The van der Waals surface area contributed by atoms with Crippen molar-refractivity contribution < 1.29 is 9.18 Å². The van der Waals surface area contributed by atoms with Gasteiger partial charge < -0.3 is 15.1 Å². The monoisotopic (exact) mass is 390 g/mol. The van der Waals surface area contributed by atoms with Gasteiger partial charge in [0.25, 0.3) is 5.91 Å². The summed E-state index contributed by atoms with van der Waals surface area (Å²) in [6, 6.07) is 18.0. The topological polar surface area (TPSA) is 48.5 Å². The largest absolute Gasteiger partial charge is 0.368 e. The molecule has 1 fully saturated rings. The number of pyridine rings is 1. The summed E-state index contributed by atoms with van der Waals surface area (Å²) in [4.78, 5) is 21.3. The molecule has 0 saturated carbocycles. The van der Waals surface area contributed by atoms with Gasteiger partial charge >= 0.3 is 0 Å². The summed E-state index contributed by atoms with van der Waals surface area (Å²) in [5.41, 5.74) is 3.69. The third-order valence-electron chi connectivity index (χ3n) is 5.06. The number of hydrogen-bond donors (Lipinski definition) is 1. The van der Waals surface area contributed by atoms with Crippen LogP contribution in [-0.2, 0) is 0 Å². The highest BCUT2D eigenvalue weighted by Crippen LogP contribution is 2.20. The summed E-state index contributed by atoms with van der Waals surface area (Å²) in [5, 5.41) is 3.26. The normalized spacial score (nSPS) is 14.0. The zero-order valence-electron chi connectivity index (χ0n) is 16.3. The molecule has 1 N–H and O–H groups in total. The van der Waals surface area contributed by atoms with Crippen molar-refractivity contribution in [1.29, 1.82) is 0 Å². The van der Waals surface area contributed by atoms with Gasteiger partial charge in [-0.2, -0.15) is 0 Å². The average molecular weight is 390 g/mol. The first-order chi connectivity index (χ1) is 14.1. The van der Waals surface area contributed by atoms with Crippen LogP contribution in [0.25, 0.3) is 0 Å². The molecule has 0 atom stereocenters. The van der Waals surface area contributed by atoms with E-state index in [4.69, 9.17) is 0 Å². The van der Waals surface area contributed by atoms with Crippen molar-refractivity contribution in [3.8, 4) is 0 Å². The van der Waals surface area contributed by atoms with Crippen molar-refractivity contribution in [1.82, 2.24) is 9.88 Å². The van der Waals surface area contributed by atoms with Gasteiger partial charge in [-0.25, -0.2) is 9.37 Å². The van der Waals surface area contributed by atoms with Gasteiger partial charge in [0, 0.05) is 49.3 Å². The third kappa shape index (κ3) is 4.54. The number of anilines is 3. The number of nitrogens with one attached hydrogen (secondary N) is 1. The van der Waals surface area contributed by atoms with E-state index in [0.29, 0.717) is 24.5 Å². The molecule has 148 valence electrons. The van der Waals surface area contributed by atoms with Crippen LogP contribution in [0.15, 0.2) is 66.9 Å². The van der Waals surface area contributed by atoms with Crippen LogP contribution < -0.4 is 10.2 Å². The molecule has 1 amide bonds. The third-order valence-corrected chi connectivity index (χ3v) is 5.06. The number of aryl methyl sites for hydroxylation is 1. The van der Waals surface area contributed by atoms with E-state index in [1.54, 1.807) is 30.5 Å². The molecule has 1 aliphatic rings. The second-order valence-electron chi connectivity index (χ2n) is 7.18. The number of carbonyl (C=O) groups excluding carboxylic acids is 1. The molecule has 0 radical (unpaired) electrons. The molecule has 6 heteroatoms. The SMILES string of the molecule is Cc1cccc(Nc2cc(C(=O)N3CCN(c4ccc(F)cc4)CC3)ccn2)c1. The number of piperazine rings is 1. The number of carbonyl (C=O) groups is 1. The van der Waals surface area contributed by atoms with Gasteiger partial charge in [-0.15, -0.1) is 0 Å². The maximum absolute atomic E-state index is 13.1. The van der Waals surface area contributed by atoms with Crippen LogP contribution in [-0.4, -0.2) is 42.0 Å². The summed E-state index contributed by atoms with van der Waals surface area (Å²) in [5.74, 6) is 0.403. The Bertz CT molecular complexity index is 998. The summed E-state index contributed by atoms with van der Waals surface area (Å²) < 4.78 is 13.1. The van der Waals surface area contributed by atoms with Crippen molar-refractivity contribution in [2.45, 2.75) is 6.92 Å². The Morgan fingerprint density at radius 2 is 1.76 bits per heavy atom. The molecule has 0 bridgehead atoms. The zero-order chi connectivity index (χ0) is 20.2. The lowest BCUT2D eigenvalue weighted by atomic mass is 10.2. The Balaban J connectivity index is 1.40.